The fourth-order valence-corrected chi connectivity index (χ4v) is 2.35. The molecule has 0 N–H and O–H groups in total. The van der Waals surface area contributed by atoms with Gasteiger partial charge in [0.25, 0.3) is 0 Å². The molecule has 1 aromatic heterocycles. The molecular formula is C18H13NO7. The first kappa shape index (κ1) is 17.2. The van der Waals surface area contributed by atoms with Crippen LogP contribution in [0.3, 0.4) is 0 Å². The van der Waals surface area contributed by atoms with Gasteiger partial charge >= 0.3 is 11.9 Å². The van der Waals surface area contributed by atoms with Crippen molar-refractivity contribution >= 4 is 28.4 Å². The molecule has 0 saturated heterocycles. The average molecular weight is 355 g/mol. The van der Waals surface area contributed by atoms with Crippen molar-refractivity contribution in [2.75, 3.05) is 13.7 Å². The molecule has 0 atom stereocenters. The van der Waals surface area contributed by atoms with E-state index in [1.54, 1.807) is 31.4 Å². The summed E-state index contributed by atoms with van der Waals surface area (Å²) in [5, 5.41) is 12.3. The third kappa shape index (κ3) is 3.54. The fourth-order valence-electron chi connectivity index (χ4n) is 2.35. The number of ether oxygens (including phenoxy) is 2. The van der Waals surface area contributed by atoms with Gasteiger partial charge in [0.05, 0.1) is 13.2 Å². The molecule has 0 unspecified atom stereocenters. The number of benzene rings is 2. The van der Waals surface area contributed by atoms with E-state index in [0.717, 1.165) is 22.9 Å². The van der Waals surface area contributed by atoms with Crippen LogP contribution < -0.4 is 4.74 Å². The summed E-state index contributed by atoms with van der Waals surface area (Å²) in [5.74, 6) is -1.56. The third-order valence-corrected chi connectivity index (χ3v) is 3.68. The number of fused-ring (bicyclic) bond motifs is 1. The molecule has 1 heterocycles. The van der Waals surface area contributed by atoms with Crippen molar-refractivity contribution in [3.8, 4) is 5.75 Å². The summed E-state index contributed by atoms with van der Waals surface area (Å²) in [6.45, 7) is -0.505. The summed E-state index contributed by atoms with van der Waals surface area (Å²) in [4.78, 5) is 33.8. The molecule has 8 nitrogen and oxygen atoms in total. The van der Waals surface area contributed by atoms with Gasteiger partial charge in [-0.3, -0.25) is 14.9 Å². The molecule has 2 aromatic carbocycles. The number of carbonyl (C=O) groups excluding carboxylic acids is 2. The number of carbonyl (C=O) groups is 2. The molecule has 0 bridgehead atoms. The molecule has 0 aliphatic carbocycles. The van der Waals surface area contributed by atoms with Crippen LogP contribution in [0, 0.1) is 10.1 Å². The molecule has 26 heavy (non-hydrogen) atoms. The summed E-state index contributed by atoms with van der Waals surface area (Å²) >= 11 is 0. The van der Waals surface area contributed by atoms with Crippen LogP contribution in [0.15, 0.2) is 52.9 Å². The van der Waals surface area contributed by atoms with Crippen molar-refractivity contribution in [1.29, 1.82) is 0 Å². The standard InChI is InChI=1S/C18H13NO7/c1-24-14-5-4-11-8-13(3-2-12(11)9-14)15(20)10-25-18(21)16-6-7-17(26-16)19(22)23/h2-9H,10H2,1H3. The third-order valence-electron chi connectivity index (χ3n) is 3.68. The van der Waals surface area contributed by atoms with Crippen molar-refractivity contribution in [3.63, 3.8) is 0 Å². The number of Topliss-reactive ketones (excluding diaryl/α,β-unsaturated/α-hetero) is 1. The number of nitro groups is 1. The van der Waals surface area contributed by atoms with Gasteiger partial charge in [0.1, 0.15) is 10.7 Å². The molecule has 3 rings (SSSR count). The smallest absolute Gasteiger partial charge is 0.433 e. The van der Waals surface area contributed by atoms with Crippen LogP contribution >= 0.6 is 0 Å². The molecule has 0 spiro atoms. The molecular weight excluding hydrogens is 342 g/mol. The SMILES string of the molecule is COc1ccc2cc(C(=O)COC(=O)c3ccc([N+](=O)[O-])o3)ccc2c1. The number of ketones is 1. The first-order chi connectivity index (χ1) is 12.5. The molecule has 3 aromatic rings. The van der Waals surface area contributed by atoms with Crippen molar-refractivity contribution in [2.45, 2.75) is 0 Å². The van der Waals surface area contributed by atoms with Crippen molar-refractivity contribution in [1.82, 2.24) is 0 Å². The van der Waals surface area contributed by atoms with Gasteiger partial charge in [-0.25, -0.2) is 4.79 Å². The maximum Gasteiger partial charge on any atom is 0.433 e. The van der Waals surface area contributed by atoms with E-state index in [1.165, 1.54) is 0 Å². The first-order valence-electron chi connectivity index (χ1n) is 7.50. The largest absolute Gasteiger partial charge is 0.497 e. The second-order valence-corrected chi connectivity index (χ2v) is 5.32. The lowest BCUT2D eigenvalue weighted by atomic mass is 10.0. The lowest BCUT2D eigenvalue weighted by Crippen LogP contribution is -2.13. The van der Waals surface area contributed by atoms with Gasteiger partial charge in [-0.1, -0.05) is 18.2 Å². The maximum absolute atomic E-state index is 12.2. The predicted molar refractivity (Wildman–Crippen MR) is 90.5 cm³/mol. The molecule has 0 radical (unpaired) electrons. The molecule has 8 heteroatoms. The van der Waals surface area contributed by atoms with E-state index in [2.05, 4.69) is 0 Å². The second-order valence-electron chi connectivity index (χ2n) is 5.32. The van der Waals surface area contributed by atoms with Gasteiger partial charge in [-0.15, -0.1) is 0 Å². The number of esters is 1. The van der Waals surface area contributed by atoms with Crippen LogP contribution in [0.5, 0.6) is 5.75 Å². The summed E-state index contributed by atoms with van der Waals surface area (Å²) in [7, 11) is 1.57. The number of furan rings is 1. The summed E-state index contributed by atoms with van der Waals surface area (Å²) in [6, 6.07) is 12.7. The number of hydrogen-bond donors (Lipinski definition) is 0. The number of rotatable bonds is 6. The molecule has 0 amide bonds. The molecule has 0 fully saturated rings. The van der Waals surface area contributed by atoms with E-state index in [0.29, 0.717) is 11.3 Å². The van der Waals surface area contributed by atoms with Crippen molar-refractivity contribution in [3.05, 3.63) is 70.0 Å². The fraction of sp³-hybridized carbons (Fsp3) is 0.111. The molecule has 132 valence electrons. The highest BCUT2D eigenvalue weighted by Crippen LogP contribution is 2.22. The Hall–Kier alpha value is -3.68. The minimum absolute atomic E-state index is 0.338. The van der Waals surface area contributed by atoms with Crippen LogP contribution in [-0.2, 0) is 4.74 Å². The van der Waals surface area contributed by atoms with Crippen LogP contribution in [-0.4, -0.2) is 30.4 Å². The molecule has 0 saturated carbocycles. The van der Waals surface area contributed by atoms with Gasteiger partial charge in [0, 0.05) is 5.56 Å². The predicted octanol–water partition coefficient (Wildman–Crippen LogP) is 3.39. The van der Waals surface area contributed by atoms with Gasteiger partial charge in [-0.2, -0.15) is 0 Å². The highest BCUT2D eigenvalue weighted by atomic mass is 16.7. The highest BCUT2D eigenvalue weighted by Gasteiger charge is 2.19. The van der Waals surface area contributed by atoms with Gasteiger partial charge < -0.3 is 13.9 Å². The van der Waals surface area contributed by atoms with Crippen LogP contribution in [0.2, 0.25) is 0 Å². The number of hydrogen-bond acceptors (Lipinski definition) is 7. The van der Waals surface area contributed by atoms with E-state index in [1.807, 2.05) is 12.1 Å². The first-order valence-corrected chi connectivity index (χ1v) is 7.50. The Kier molecular flexibility index (Phi) is 4.66. The molecule has 0 aliphatic rings. The topological polar surface area (TPSA) is 109 Å². The zero-order chi connectivity index (χ0) is 18.7. The summed E-state index contributed by atoms with van der Waals surface area (Å²) < 4.78 is 14.7. The minimum atomic E-state index is -0.947. The minimum Gasteiger partial charge on any atom is -0.497 e. The Labute approximate surface area is 147 Å². The van der Waals surface area contributed by atoms with E-state index < -0.39 is 29.2 Å². The van der Waals surface area contributed by atoms with Gasteiger partial charge in [0.15, 0.2) is 12.4 Å². The van der Waals surface area contributed by atoms with Gasteiger partial charge in [-0.05, 0) is 35.0 Å². The van der Waals surface area contributed by atoms with E-state index in [-0.39, 0.29) is 5.76 Å². The Morgan fingerprint density at radius 1 is 1.08 bits per heavy atom. The zero-order valence-electron chi connectivity index (χ0n) is 13.6. The lowest BCUT2D eigenvalue weighted by molar-refractivity contribution is -0.402. The van der Waals surface area contributed by atoms with Crippen LogP contribution in [0.25, 0.3) is 10.8 Å². The zero-order valence-corrected chi connectivity index (χ0v) is 13.6. The van der Waals surface area contributed by atoms with Crippen LogP contribution in [0.1, 0.15) is 20.9 Å². The summed E-state index contributed by atoms with van der Waals surface area (Å²) in [5.41, 5.74) is 0.376. The monoisotopic (exact) mass is 355 g/mol. The van der Waals surface area contributed by atoms with Crippen molar-refractivity contribution in [2.24, 2.45) is 0 Å². The second kappa shape index (κ2) is 7.06. The average Bonchev–Trinajstić information content (AvgIpc) is 3.15. The van der Waals surface area contributed by atoms with E-state index >= 15 is 0 Å². The van der Waals surface area contributed by atoms with Gasteiger partial charge in [0.2, 0.25) is 5.76 Å². The summed E-state index contributed by atoms with van der Waals surface area (Å²) in [6.07, 6.45) is 0. The number of methoxy groups -OCH3 is 1. The Bertz CT molecular complexity index is 1010. The maximum atomic E-state index is 12.2. The van der Waals surface area contributed by atoms with E-state index in [9.17, 15) is 19.7 Å². The lowest BCUT2D eigenvalue weighted by Gasteiger charge is -2.06. The normalized spacial score (nSPS) is 10.5. The quantitative estimate of drug-likeness (QED) is 0.288. The van der Waals surface area contributed by atoms with E-state index in [4.69, 9.17) is 13.9 Å². The molecule has 0 aliphatic heterocycles. The number of nitrogens with zero attached hydrogens (tertiary/aromatic N) is 1. The Balaban J connectivity index is 1.68. The Morgan fingerprint density at radius 2 is 1.81 bits per heavy atom. The van der Waals surface area contributed by atoms with Crippen LogP contribution in [0.4, 0.5) is 5.88 Å². The Morgan fingerprint density at radius 3 is 2.50 bits per heavy atom. The highest BCUT2D eigenvalue weighted by molar-refractivity contribution is 6.02. The van der Waals surface area contributed by atoms with Crippen molar-refractivity contribution < 1.29 is 28.4 Å².